The number of benzene rings is 2. The first-order chi connectivity index (χ1) is 18.9. The molecule has 3 heterocycles. The molecule has 0 bridgehead atoms. The van der Waals surface area contributed by atoms with Crippen molar-refractivity contribution >= 4 is 40.7 Å². The van der Waals surface area contributed by atoms with Gasteiger partial charge in [0.15, 0.2) is 0 Å². The Morgan fingerprint density at radius 2 is 1.90 bits per heavy atom. The van der Waals surface area contributed by atoms with Crippen molar-refractivity contribution in [1.29, 1.82) is 0 Å². The molecule has 0 aliphatic carbocycles. The minimum absolute atomic E-state index is 0.100. The van der Waals surface area contributed by atoms with Gasteiger partial charge in [-0.15, -0.1) is 23.1 Å². The predicted molar refractivity (Wildman–Crippen MR) is 159 cm³/mol. The van der Waals surface area contributed by atoms with Crippen LogP contribution in [-0.2, 0) is 14.3 Å². The maximum Gasteiger partial charge on any atom is 0.240 e. The monoisotopic (exact) mass is 560 g/mol. The van der Waals surface area contributed by atoms with Crippen LogP contribution in [0.15, 0.2) is 60.0 Å². The van der Waals surface area contributed by atoms with Crippen molar-refractivity contribution < 1.29 is 14.3 Å². The van der Waals surface area contributed by atoms with Gasteiger partial charge in [-0.2, -0.15) is 5.10 Å². The highest BCUT2D eigenvalue weighted by Crippen LogP contribution is 2.50. The number of methoxy groups -OCH3 is 1. The molecule has 7 nitrogen and oxygen atoms in total. The molecule has 1 unspecified atom stereocenters. The van der Waals surface area contributed by atoms with E-state index in [9.17, 15) is 9.59 Å². The van der Waals surface area contributed by atoms with E-state index in [1.807, 2.05) is 41.1 Å². The van der Waals surface area contributed by atoms with Gasteiger partial charge >= 0.3 is 0 Å². The van der Waals surface area contributed by atoms with Crippen LogP contribution in [0.4, 0.5) is 5.82 Å². The number of hydrogen-bond acceptors (Lipinski definition) is 6. The molecule has 202 valence electrons. The highest BCUT2D eigenvalue weighted by atomic mass is 32.2. The van der Waals surface area contributed by atoms with Gasteiger partial charge in [-0.05, 0) is 49.4 Å². The number of rotatable bonds is 8. The molecule has 2 aromatic heterocycles. The Morgan fingerprint density at radius 3 is 2.59 bits per heavy atom. The van der Waals surface area contributed by atoms with E-state index in [0.29, 0.717) is 19.0 Å². The lowest BCUT2D eigenvalue weighted by molar-refractivity contribution is -0.123. The molecular weight excluding hydrogens is 528 g/mol. The summed E-state index contributed by atoms with van der Waals surface area (Å²) >= 11 is 3.29. The zero-order chi connectivity index (χ0) is 27.5. The molecule has 0 radical (unpaired) electrons. The number of thioether (sulfide) groups is 1. The van der Waals surface area contributed by atoms with Gasteiger partial charge in [-0.3, -0.25) is 14.5 Å². The Morgan fingerprint density at radius 1 is 1.10 bits per heavy atom. The Kier molecular flexibility index (Phi) is 8.20. The largest absolute Gasteiger partial charge is 0.383 e. The van der Waals surface area contributed by atoms with Crippen LogP contribution in [0, 0.1) is 20.8 Å². The fourth-order valence-corrected chi connectivity index (χ4v) is 7.36. The normalized spacial score (nSPS) is 15.2. The first-order valence-corrected chi connectivity index (χ1v) is 14.8. The van der Waals surface area contributed by atoms with Gasteiger partial charge in [0.2, 0.25) is 11.8 Å². The Bertz CT molecular complexity index is 1500. The standard InChI is InChI=1S/C30H32N4O3S2/c1-19-10-11-23(21(3)16-19)34-30-26(27(32-34)22-8-6-5-7-9-22)29(28-20(2)12-15-38-28)39-18-25(36)33(30)17-24(35)31-13-14-37-4/h5-12,15-16,29H,13-14,17-18H2,1-4H3,(H,31,35). The lowest BCUT2D eigenvalue weighted by Gasteiger charge is -2.23. The average molecular weight is 561 g/mol. The summed E-state index contributed by atoms with van der Waals surface area (Å²) in [4.78, 5) is 29.6. The Hall–Kier alpha value is -3.40. The highest BCUT2D eigenvalue weighted by Gasteiger charge is 2.38. The molecule has 0 spiro atoms. The quantitative estimate of drug-likeness (QED) is 0.290. The number of carbonyl (C=O) groups excluding carboxylic acids is 2. The number of nitrogens with zero attached hydrogens (tertiary/aromatic N) is 3. The number of fused-ring (bicyclic) bond motifs is 1. The summed E-state index contributed by atoms with van der Waals surface area (Å²) in [6.07, 6.45) is 0. The van der Waals surface area contributed by atoms with Crippen LogP contribution < -0.4 is 10.2 Å². The van der Waals surface area contributed by atoms with Crippen molar-refractivity contribution in [3.8, 4) is 16.9 Å². The van der Waals surface area contributed by atoms with Crippen LogP contribution >= 0.6 is 23.1 Å². The topological polar surface area (TPSA) is 76.5 Å². The second-order valence-electron chi connectivity index (χ2n) is 9.64. The fourth-order valence-electron chi connectivity index (χ4n) is 4.89. The van der Waals surface area contributed by atoms with Crippen molar-refractivity contribution in [1.82, 2.24) is 15.1 Å². The molecule has 1 aliphatic rings. The molecule has 39 heavy (non-hydrogen) atoms. The number of thiophene rings is 1. The second kappa shape index (κ2) is 11.8. The number of hydrogen-bond donors (Lipinski definition) is 1. The molecule has 5 rings (SSSR count). The number of ether oxygens (including phenoxy) is 1. The Labute approximate surface area is 237 Å². The highest BCUT2D eigenvalue weighted by molar-refractivity contribution is 8.00. The van der Waals surface area contributed by atoms with Crippen molar-refractivity contribution in [2.24, 2.45) is 0 Å². The summed E-state index contributed by atoms with van der Waals surface area (Å²) in [6, 6.07) is 18.4. The van der Waals surface area contributed by atoms with Gasteiger partial charge in [0.1, 0.15) is 12.4 Å². The summed E-state index contributed by atoms with van der Waals surface area (Å²) in [5, 5.41) is 10.0. The van der Waals surface area contributed by atoms with Crippen molar-refractivity contribution in [3.63, 3.8) is 0 Å². The minimum Gasteiger partial charge on any atom is -0.383 e. The molecule has 0 saturated carbocycles. The molecule has 1 atom stereocenters. The van der Waals surface area contributed by atoms with Crippen LogP contribution in [0.25, 0.3) is 16.9 Å². The number of amides is 2. The van der Waals surface area contributed by atoms with E-state index < -0.39 is 0 Å². The maximum atomic E-state index is 13.8. The zero-order valence-electron chi connectivity index (χ0n) is 22.6. The summed E-state index contributed by atoms with van der Waals surface area (Å²) in [5.41, 5.74) is 6.98. The predicted octanol–water partition coefficient (Wildman–Crippen LogP) is 5.46. The third-order valence-corrected chi connectivity index (χ3v) is 9.24. The summed E-state index contributed by atoms with van der Waals surface area (Å²) in [5.74, 6) is 0.543. The third kappa shape index (κ3) is 5.52. The third-order valence-electron chi connectivity index (χ3n) is 6.79. The summed E-state index contributed by atoms with van der Waals surface area (Å²) in [6.45, 7) is 6.89. The van der Waals surface area contributed by atoms with Crippen LogP contribution in [0.2, 0.25) is 0 Å². The summed E-state index contributed by atoms with van der Waals surface area (Å²) < 4.78 is 6.96. The molecule has 9 heteroatoms. The number of carbonyl (C=O) groups is 2. The number of nitrogens with one attached hydrogen (secondary N) is 1. The number of aryl methyl sites for hydroxylation is 3. The van der Waals surface area contributed by atoms with E-state index in [2.05, 4.69) is 49.7 Å². The van der Waals surface area contributed by atoms with Gasteiger partial charge in [0.05, 0.1) is 29.0 Å². The van der Waals surface area contributed by atoms with Crippen molar-refractivity contribution in [3.05, 3.63) is 87.1 Å². The zero-order valence-corrected chi connectivity index (χ0v) is 24.2. The van der Waals surface area contributed by atoms with Crippen LogP contribution in [0.3, 0.4) is 0 Å². The van der Waals surface area contributed by atoms with Crippen LogP contribution in [-0.4, -0.2) is 54.2 Å². The number of aromatic nitrogens is 2. The van der Waals surface area contributed by atoms with Gasteiger partial charge in [-0.25, -0.2) is 4.68 Å². The van der Waals surface area contributed by atoms with E-state index in [1.165, 1.54) is 10.4 Å². The molecule has 1 N–H and O–H groups in total. The van der Waals surface area contributed by atoms with Crippen LogP contribution in [0.5, 0.6) is 0 Å². The molecular formula is C30H32N4O3S2. The van der Waals surface area contributed by atoms with Crippen molar-refractivity contribution in [2.75, 3.05) is 37.5 Å². The first-order valence-electron chi connectivity index (χ1n) is 12.9. The lowest BCUT2D eigenvalue weighted by Crippen LogP contribution is -2.43. The molecule has 0 fully saturated rings. The molecule has 0 saturated heterocycles. The Balaban J connectivity index is 1.77. The fraction of sp³-hybridized carbons (Fsp3) is 0.300. The molecule has 2 aromatic carbocycles. The summed E-state index contributed by atoms with van der Waals surface area (Å²) in [7, 11) is 1.59. The van der Waals surface area contributed by atoms with E-state index in [1.54, 1.807) is 35.1 Å². The van der Waals surface area contributed by atoms with E-state index in [4.69, 9.17) is 9.84 Å². The number of anilines is 1. The first kappa shape index (κ1) is 27.2. The van der Waals surface area contributed by atoms with Crippen LogP contribution in [0.1, 0.15) is 32.4 Å². The smallest absolute Gasteiger partial charge is 0.240 e. The SMILES string of the molecule is COCCNC(=O)CN1C(=O)CSC(c2sccc2C)c2c(-c3ccccc3)nn(-c3ccc(C)cc3C)c21. The van der Waals surface area contributed by atoms with Gasteiger partial charge in [0.25, 0.3) is 0 Å². The lowest BCUT2D eigenvalue weighted by atomic mass is 10.0. The molecule has 2 amide bonds. The molecule has 4 aromatic rings. The van der Waals surface area contributed by atoms with E-state index in [0.717, 1.165) is 33.6 Å². The van der Waals surface area contributed by atoms with E-state index in [-0.39, 0.29) is 29.4 Å². The van der Waals surface area contributed by atoms with Gasteiger partial charge in [-0.1, -0.05) is 48.0 Å². The van der Waals surface area contributed by atoms with Gasteiger partial charge in [0, 0.05) is 29.7 Å². The van der Waals surface area contributed by atoms with E-state index >= 15 is 0 Å². The van der Waals surface area contributed by atoms with Gasteiger partial charge < -0.3 is 10.1 Å². The molecule has 1 aliphatic heterocycles. The average Bonchev–Trinajstić information content (AvgIpc) is 3.49. The second-order valence-corrected chi connectivity index (χ2v) is 11.7. The minimum atomic E-state index is -0.239. The maximum absolute atomic E-state index is 13.8. The van der Waals surface area contributed by atoms with Crippen molar-refractivity contribution in [2.45, 2.75) is 26.0 Å².